The van der Waals surface area contributed by atoms with E-state index in [4.69, 9.17) is 9.47 Å². The molecule has 35 heavy (non-hydrogen) atoms. The molecule has 0 atom stereocenters. The lowest BCUT2D eigenvalue weighted by Crippen LogP contribution is -2.24. The van der Waals surface area contributed by atoms with Crippen LogP contribution >= 0.6 is 0 Å². The molecule has 2 aromatic heterocycles. The Kier molecular flexibility index (Phi) is 7.89. The van der Waals surface area contributed by atoms with E-state index in [1.165, 1.54) is 6.20 Å². The molecule has 0 aliphatic carbocycles. The number of aromatic nitrogens is 2. The molecule has 9 nitrogen and oxygen atoms in total. The zero-order valence-electron chi connectivity index (χ0n) is 19.9. The third-order valence-electron chi connectivity index (χ3n) is 5.55. The van der Waals surface area contributed by atoms with E-state index in [-0.39, 0.29) is 11.8 Å². The lowest BCUT2D eigenvalue weighted by atomic mass is 10.1. The second kappa shape index (κ2) is 11.4. The van der Waals surface area contributed by atoms with Gasteiger partial charge in [-0.3, -0.25) is 14.6 Å². The van der Waals surface area contributed by atoms with Gasteiger partial charge >= 0.3 is 0 Å². The van der Waals surface area contributed by atoms with E-state index in [1.807, 2.05) is 42.2 Å². The molecular weight excluding hydrogens is 446 g/mol. The van der Waals surface area contributed by atoms with Gasteiger partial charge in [-0.2, -0.15) is 0 Å². The molecule has 3 aromatic rings. The van der Waals surface area contributed by atoms with Crippen LogP contribution in [-0.4, -0.2) is 46.9 Å². The van der Waals surface area contributed by atoms with Crippen LogP contribution in [0.3, 0.4) is 0 Å². The third kappa shape index (κ3) is 6.33. The summed E-state index contributed by atoms with van der Waals surface area (Å²) in [6.07, 6.45) is 4.63. The number of benzene rings is 1. The molecule has 1 aliphatic rings. The highest BCUT2D eigenvalue weighted by Crippen LogP contribution is 2.31. The van der Waals surface area contributed by atoms with Gasteiger partial charge in [0.2, 0.25) is 5.91 Å². The minimum absolute atomic E-state index is 0.141. The quantitative estimate of drug-likeness (QED) is 0.456. The van der Waals surface area contributed by atoms with Crippen LogP contribution < -0.4 is 15.4 Å². The van der Waals surface area contributed by atoms with Crippen molar-refractivity contribution >= 4 is 23.3 Å². The zero-order valence-corrected chi connectivity index (χ0v) is 19.9. The van der Waals surface area contributed by atoms with E-state index in [1.54, 1.807) is 25.4 Å². The standard InChI is InChI=1S/C26H29N5O4/c1-3-27-26(33)18-6-11-24(29-14-18)30-20-8-10-23(19(13-20)16-31-12-4-5-25(31)32)35-22-9-7-21(17-34-2)28-15-22/h6-11,13-15H,3-5,12,16-17H2,1-2H3,(H,27,33)(H,29,30). The number of amides is 2. The summed E-state index contributed by atoms with van der Waals surface area (Å²) in [7, 11) is 1.63. The lowest BCUT2D eigenvalue weighted by Gasteiger charge is -2.19. The first-order valence-electron chi connectivity index (χ1n) is 11.6. The normalized spacial score (nSPS) is 13.1. The number of ether oxygens (including phenoxy) is 2. The SMILES string of the molecule is CCNC(=O)c1ccc(Nc2ccc(Oc3ccc(COC)nc3)c(CN3CCCC3=O)c2)nc1. The van der Waals surface area contributed by atoms with E-state index in [9.17, 15) is 9.59 Å². The van der Waals surface area contributed by atoms with E-state index in [2.05, 4.69) is 20.6 Å². The Labute approximate surface area is 204 Å². The number of nitrogens with zero attached hydrogens (tertiary/aromatic N) is 3. The second-order valence-corrected chi connectivity index (χ2v) is 8.18. The van der Waals surface area contributed by atoms with Crippen LogP contribution in [-0.2, 0) is 22.7 Å². The number of carbonyl (C=O) groups excluding carboxylic acids is 2. The highest BCUT2D eigenvalue weighted by molar-refractivity contribution is 5.94. The number of hydrogen-bond donors (Lipinski definition) is 2. The molecular formula is C26H29N5O4. The summed E-state index contributed by atoms with van der Waals surface area (Å²) in [4.78, 5) is 34.8. The van der Waals surface area contributed by atoms with Crippen molar-refractivity contribution in [3.63, 3.8) is 0 Å². The Morgan fingerprint density at radius 3 is 2.66 bits per heavy atom. The van der Waals surface area contributed by atoms with Crippen molar-refractivity contribution < 1.29 is 19.1 Å². The van der Waals surface area contributed by atoms with Crippen molar-refractivity contribution in [1.29, 1.82) is 0 Å². The van der Waals surface area contributed by atoms with Crippen LogP contribution in [0.15, 0.2) is 54.9 Å². The molecule has 0 radical (unpaired) electrons. The number of methoxy groups -OCH3 is 1. The first-order valence-corrected chi connectivity index (χ1v) is 11.6. The Morgan fingerprint density at radius 1 is 1.11 bits per heavy atom. The van der Waals surface area contributed by atoms with Crippen molar-refractivity contribution in [1.82, 2.24) is 20.2 Å². The van der Waals surface area contributed by atoms with Gasteiger partial charge < -0.3 is 25.0 Å². The summed E-state index contributed by atoms with van der Waals surface area (Å²) in [5, 5.41) is 6.02. The maximum absolute atomic E-state index is 12.3. The zero-order chi connectivity index (χ0) is 24.6. The van der Waals surface area contributed by atoms with Crippen LogP contribution in [0.4, 0.5) is 11.5 Å². The summed E-state index contributed by atoms with van der Waals surface area (Å²) in [5.41, 5.74) is 2.98. The van der Waals surface area contributed by atoms with Gasteiger partial charge in [-0.05, 0) is 55.8 Å². The second-order valence-electron chi connectivity index (χ2n) is 8.18. The summed E-state index contributed by atoms with van der Waals surface area (Å²) < 4.78 is 11.2. The van der Waals surface area contributed by atoms with Crippen molar-refractivity contribution in [3.8, 4) is 11.5 Å². The van der Waals surface area contributed by atoms with E-state index >= 15 is 0 Å². The molecule has 9 heteroatoms. The average Bonchev–Trinajstić information content (AvgIpc) is 3.27. The van der Waals surface area contributed by atoms with Gasteiger partial charge in [0.15, 0.2) is 0 Å². The Morgan fingerprint density at radius 2 is 2.00 bits per heavy atom. The van der Waals surface area contributed by atoms with Gasteiger partial charge in [0.05, 0.1) is 24.1 Å². The summed E-state index contributed by atoms with van der Waals surface area (Å²) in [5.74, 6) is 1.84. The molecule has 2 N–H and O–H groups in total. The molecule has 3 heterocycles. The van der Waals surface area contributed by atoms with Crippen molar-refractivity contribution in [2.24, 2.45) is 0 Å². The minimum atomic E-state index is -0.157. The first-order chi connectivity index (χ1) is 17.1. The summed E-state index contributed by atoms with van der Waals surface area (Å²) in [6, 6.07) is 12.9. The Bertz CT molecular complexity index is 1170. The number of nitrogens with one attached hydrogen (secondary N) is 2. The average molecular weight is 476 g/mol. The Balaban J connectivity index is 1.54. The highest BCUT2D eigenvalue weighted by Gasteiger charge is 2.22. The monoisotopic (exact) mass is 475 g/mol. The smallest absolute Gasteiger partial charge is 0.252 e. The van der Waals surface area contributed by atoms with Gasteiger partial charge in [-0.1, -0.05) is 0 Å². The molecule has 4 rings (SSSR count). The summed E-state index contributed by atoms with van der Waals surface area (Å²) in [6.45, 7) is 4.04. The molecule has 182 valence electrons. The molecule has 0 bridgehead atoms. The summed E-state index contributed by atoms with van der Waals surface area (Å²) >= 11 is 0. The fraction of sp³-hybridized carbons (Fsp3) is 0.308. The van der Waals surface area contributed by atoms with Gasteiger partial charge in [0, 0.05) is 50.6 Å². The topological polar surface area (TPSA) is 106 Å². The lowest BCUT2D eigenvalue weighted by molar-refractivity contribution is -0.128. The predicted octanol–water partition coefficient (Wildman–Crippen LogP) is 4.03. The minimum Gasteiger partial charge on any atom is -0.455 e. The molecule has 1 saturated heterocycles. The fourth-order valence-corrected chi connectivity index (χ4v) is 3.80. The van der Waals surface area contributed by atoms with Gasteiger partial charge in [-0.15, -0.1) is 0 Å². The molecule has 1 fully saturated rings. The number of hydrogen-bond acceptors (Lipinski definition) is 7. The van der Waals surface area contributed by atoms with Crippen LogP contribution in [0, 0.1) is 0 Å². The number of anilines is 2. The molecule has 0 saturated carbocycles. The van der Waals surface area contributed by atoms with Crippen LogP contribution in [0.5, 0.6) is 11.5 Å². The molecule has 1 aromatic carbocycles. The van der Waals surface area contributed by atoms with E-state index < -0.39 is 0 Å². The van der Waals surface area contributed by atoms with Crippen LogP contribution in [0.2, 0.25) is 0 Å². The first kappa shape index (κ1) is 24.2. The predicted molar refractivity (Wildman–Crippen MR) is 132 cm³/mol. The number of rotatable bonds is 10. The maximum Gasteiger partial charge on any atom is 0.252 e. The van der Waals surface area contributed by atoms with Gasteiger partial charge in [0.25, 0.3) is 5.91 Å². The highest BCUT2D eigenvalue weighted by atomic mass is 16.5. The molecule has 0 unspecified atom stereocenters. The van der Waals surface area contributed by atoms with Crippen molar-refractivity contribution in [3.05, 3.63) is 71.7 Å². The molecule has 0 spiro atoms. The van der Waals surface area contributed by atoms with Gasteiger partial charge in [-0.25, -0.2) is 4.98 Å². The number of likely N-dealkylation sites (tertiary alicyclic amines) is 1. The van der Waals surface area contributed by atoms with E-state index in [0.29, 0.717) is 49.0 Å². The molecule has 2 amide bonds. The third-order valence-corrected chi connectivity index (χ3v) is 5.55. The van der Waals surface area contributed by atoms with Crippen LogP contribution in [0.1, 0.15) is 41.4 Å². The van der Waals surface area contributed by atoms with Crippen molar-refractivity contribution in [2.75, 3.05) is 25.5 Å². The maximum atomic E-state index is 12.3. The van der Waals surface area contributed by atoms with Crippen LogP contribution in [0.25, 0.3) is 0 Å². The number of pyridine rings is 2. The Hall–Kier alpha value is -3.98. The van der Waals surface area contributed by atoms with E-state index in [0.717, 1.165) is 29.9 Å². The fourth-order valence-electron chi connectivity index (χ4n) is 3.80. The van der Waals surface area contributed by atoms with Crippen molar-refractivity contribution in [2.45, 2.75) is 32.9 Å². The largest absolute Gasteiger partial charge is 0.455 e. The van der Waals surface area contributed by atoms with Gasteiger partial charge in [0.1, 0.15) is 17.3 Å². The number of carbonyl (C=O) groups is 2. The molecule has 1 aliphatic heterocycles.